The molecule has 0 spiro atoms. The molecule has 1 N–H and O–H groups in total. The fraction of sp³-hybridized carbons (Fsp3) is 0.267. The van der Waals surface area contributed by atoms with Gasteiger partial charge >= 0.3 is 5.97 Å². The highest BCUT2D eigenvalue weighted by atomic mass is 79.9. The molecule has 0 bridgehead atoms. The Morgan fingerprint density at radius 3 is 2.86 bits per heavy atom. The van der Waals surface area contributed by atoms with E-state index in [1.54, 1.807) is 23.7 Å². The van der Waals surface area contributed by atoms with Crippen molar-refractivity contribution in [2.24, 2.45) is 0 Å². The third-order valence-corrected chi connectivity index (χ3v) is 4.42. The lowest BCUT2D eigenvalue weighted by Gasteiger charge is -2.08. The first-order valence-corrected chi connectivity index (χ1v) is 8.34. The molecule has 0 saturated heterocycles. The normalized spacial score (nSPS) is 10.3. The molecule has 7 heteroatoms. The maximum absolute atomic E-state index is 11.8. The van der Waals surface area contributed by atoms with Crippen molar-refractivity contribution in [1.29, 1.82) is 0 Å². The topological polar surface area (TPSA) is 68.3 Å². The van der Waals surface area contributed by atoms with Crippen LogP contribution in [0.15, 0.2) is 33.6 Å². The van der Waals surface area contributed by atoms with E-state index in [9.17, 15) is 9.59 Å². The summed E-state index contributed by atoms with van der Waals surface area (Å²) in [6.45, 7) is 0.401. The summed E-state index contributed by atoms with van der Waals surface area (Å²) in [5.74, 6) is -0.420. The Morgan fingerprint density at radius 1 is 1.41 bits per heavy atom. The summed E-state index contributed by atoms with van der Waals surface area (Å²) >= 11 is 4.92. The van der Waals surface area contributed by atoms with Gasteiger partial charge in [-0.3, -0.25) is 4.79 Å². The first-order chi connectivity index (χ1) is 10.6. The van der Waals surface area contributed by atoms with Crippen molar-refractivity contribution in [2.75, 3.05) is 7.11 Å². The van der Waals surface area contributed by atoms with Crippen LogP contribution in [0.1, 0.15) is 28.0 Å². The highest BCUT2D eigenvalue weighted by Crippen LogP contribution is 2.19. The number of aromatic nitrogens is 1. The number of nitrogens with zero attached hydrogens (tertiary/aromatic N) is 1. The van der Waals surface area contributed by atoms with Gasteiger partial charge in [0.1, 0.15) is 0 Å². The van der Waals surface area contributed by atoms with E-state index in [1.807, 2.05) is 5.38 Å². The lowest BCUT2D eigenvalue weighted by Crippen LogP contribution is -2.23. The van der Waals surface area contributed by atoms with E-state index in [4.69, 9.17) is 0 Å². The second-order valence-corrected chi connectivity index (χ2v) is 6.13. The molecule has 0 fully saturated rings. The average molecular weight is 383 g/mol. The zero-order valence-corrected chi connectivity index (χ0v) is 14.4. The Kier molecular flexibility index (Phi) is 6.09. The molecule has 116 valence electrons. The Bertz CT molecular complexity index is 659. The van der Waals surface area contributed by atoms with Crippen LogP contribution >= 0.6 is 27.3 Å². The lowest BCUT2D eigenvalue weighted by atomic mass is 10.1. The molecule has 0 radical (unpaired) electrons. The van der Waals surface area contributed by atoms with Crippen molar-refractivity contribution in [3.63, 3.8) is 0 Å². The molecule has 1 amide bonds. The van der Waals surface area contributed by atoms with E-state index in [2.05, 4.69) is 31.0 Å². The number of esters is 1. The molecular formula is C15H15BrN2O3S. The molecule has 1 heterocycles. The van der Waals surface area contributed by atoms with Crippen LogP contribution in [0.4, 0.5) is 0 Å². The smallest absolute Gasteiger partial charge is 0.337 e. The fourth-order valence-electron chi connectivity index (χ4n) is 1.82. The van der Waals surface area contributed by atoms with Crippen molar-refractivity contribution < 1.29 is 14.3 Å². The molecule has 0 aliphatic heterocycles. The van der Waals surface area contributed by atoms with E-state index in [-0.39, 0.29) is 11.9 Å². The van der Waals surface area contributed by atoms with E-state index in [1.165, 1.54) is 18.4 Å². The monoisotopic (exact) mass is 382 g/mol. The Balaban J connectivity index is 1.85. The number of hydrogen-bond donors (Lipinski definition) is 1. The molecule has 0 aliphatic rings. The Labute approximate surface area is 140 Å². The third kappa shape index (κ3) is 4.64. The largest absolute Gasteiger partial charge is 0.465 e. The number of methoxy groups -OCH3 is 1. The number of carbonyl (C=O) groups is 2. The van der Waals surface area contributed by atoms with Gasteiger partial charge in [0.25, 0.3) is 0 Å². The number of aryl methyl sites for hydroxylation is 1. The van der Waals surface area contributed by atoms with Crippen LogP contribution < -0.4 is 5.32 Å². The van der Waals surface area contributed by atoms with Crippen LogP contribution in [0.25, 0.3) is 0 Å². The predicted molar refractivity (Wildman–Crippen MR) is 87.8 cm³/mol. The summed E-state index contributed by atoms with van der Waals surface area (Å²) in [7, 11) is 1.34. The standard InChI is InChI=1S/C15H15BrN2O3S/c1-21-15(20)10-2-3-11(13(16)6-10)7-17-14(19)5-4-12-8-22-9-18-12/h2-3,6,8-9H,4-5,7H2,1H3,(H,17,19). The van der Waals surface area contributed by atoms with Crippen molar-refractivity contribution in [3.8, 4) is 0 Å². The Morgan fingerprint density at radius 2 is 2.23 bits per heavy atom. The van der Waals surface area contributed by atoms with Gasteiger partial charge < -0.3 is 10.1 Å². The number of halogens is 1. The second-order valence-electron chi connectivity index (χ2n) is 4.55. The number of benzene rings is 1. The predicted octanol–water partition coefficient (Wildman–Crippen LogP) is 2.94. The molecule has 2 rings (SSSR count). The van der Waals surface area contributed by atoms with Crippen molar-refractivity contribution in [2.45, 2.75) is 19.4 Å². The zero-order valence-electron chi connectivity index (χ0n) is 12.0. The number of amides is 1. The number of nitrogens with one attached hydrogen (secondary N) is 1. The van der Waals surface area contributed by atoms with Gasteiger partial charge in [0.15, 0.2) is 0 Å². The molecule has 22 heavy (non-hydrogen) atoms. The van der Waals surface area contributed by atoms with Gasteiger partial charge in [-0.15, -0.1) is 11.3 Å². The summed E-state index contributed by atoms with van der Waals surface area (Å²) in [6, 6.07) is 5.15. The molecule has 0 atom stereocenters. The van der Waals surface area contributed by atoms with Crippen molar-refractivity contribution in [3.05, 3.63) is 50.4 Å². The Hall–Kier alpha value is -1.73. The van der Waals surface area contributed by atoms with Gasteiger partial charge in [-0.2, -0.15) is 0 Å². The number of carbonyl (C=O) groups excluding carboxylic acids is 2. The first kappa shape index (κ1) is 16.6. The van der Waals surface area contributed by atoms with E-state index in [0.29, 0.717) is 24.9 Å². The first-order valence-electron chi connectivity index (χ1n) is 6.60. The SMILES string of the molecule is COC(=O)c1ccc(CNC(=O)CCc2cscn2)c(Br)c1. The minimum atomic E-state index is -0.389. The summed E-state index contributed by atoms with van der Waals surface area (Å²) in [4.78, 5) is 27.4. The molecule has 0 aliphatic carbocycles. The van der Waals surface area contributed by atoms with Gasteiger partial charge in [0.2, 0.25) is 5.91 Å². The molecule has 0 saturated carbocycles. The van der Waals surface area contributed by atoms with Crippen LogP contribution in [0.5, 0.6) is 0 Å². The minimum absolute atomic E-state index is 0.0306. The summed E-state index contributed by atoms with van der Waals surface area (Å²) < 4.78 is 5.42. The van der Waals surface area contributed by atoms with Gasteiger partial charge in [0.05, 0.1) is 23.9 Å². The zero-order chi connectivity index (χ0) is 15.9. The van der Waals surface area contributed by atoms with Crippen LogP contribution in [0.3, 0.4) is 0 Å². The summed E-state index contributed by atoms with van der Waals surface area (Å²) in [5, 5.41) is 4.80. The highest BCUT2D eigenvalue weighted by molar-refractivity contribution is 9.10. The quantitative estimate of drug-likeness (QED) is 0.779. The number of rotatable bonds is 6. The molecule has 2 aromatic rings. The van der Waals surface area contributed by atoms with E-state index < -0.39 is 0 Å². The van der Waals surface area contributed by atoms with E-state index >= 15 is 0 Å². The third-order valence-electron chi connectivity index (χ3n) is 3.04. The van der Waals surface area contributed by atoms with Gasteiger partial charge in [-0.05, 0) is 24.1 Å². The molecular weight excluding hydrogens is 368 g/mol. The molecule has 1 aromatic carbocycles. The summed E-state index contributed by atoms with van der Waals surface area (Å²) in [5.41, 5.74) is 4.05. The number of thiazole rings is 1. The van der Waals surface area contributed by atoms with Crippen LogP contribution in [-0.2, 0) is 22.5 Å². The fourth-order valence-corrected chi connectivity index (χ4v) is 2.93. The maximum Gasteiger partial charge on any atom is 0.337 e. The number of ether oxygens (including phenoxy) is 1. The van der Waals surface area contributed by atoms with Crippen molar-refractivity contribution >= 4 is 39.1 Å². The van der Waals surface area contributed by atoms with Gasteiger partial charge in [-0.1, -0.05) is 22.0 Å². The molecule has 1 aromatic heterocycles. The molecule has 0 unspecified atom stereocenters. The summed E-state index contributed by atoms with van der Waals surface area (Å²) in [6.07, 6.45) is 1.04. The van der Waals surface area contributed by atoms with Crippen LogP contribution in [-0.4, -0.2) is 24.0 Å². The molecule has 5 nitrogen and oxygen atoms in total. The van der Waals surface area contributed by atoms with E-state index in [0.717, 1.165) is 15.7 Å². The second kappa shape index (κ2) is 8.05. The lowest BCUT2D eigenvalue weighted by molar-refractivity contribution is -0.121. The van der Waals surface area contributed by atoms with Crippen molar-refractivity contribution in [1.82, 2.24) is 10.3 Å². The average Bonchev–Trinajstić information content (AvgIpc) is 3.04. The maximum atomic E-state index is 11.8. The number of hydrogen-bond acceptors (Lipinski definition) is 5. The minimum Gasteiger partial charge on any atom is -0.465 e. The van der Waals surface area contributed by atoms with Gasteiger partial charge in [-0.25, -0.2) is 9.78 Å². The van der Waals surface area contributed by atoms with Gasteiger partial charge in [0, 0.05) is 22.8 Å². The van der Waals surface area contributed by atoms with Crippen LogP contribution in [0.2, 0.25) is 0 Å². The highest BCUT2D eigenvalue weighted by Gasteiger charge is 2.09. The van der Waals surface area contributed by atoms with Crippen LogP contribution in [0, 0.1) is 0 Å².